The van der Waals surface area contributed by atoms with Gasteiger partial charge in [0.25, 0.3) is 11.8 Å². The van der Waals surface area contributed by atoms with Gasteiger partial charge in [-0.1, -0.05) is 30.3 Å². The van der Waals surface area contributed by atoms with Gasteiger partial charge in [0.15, 0.2) is 0 Å². The van der Waals surface area contributed by atoms with Crippen LogP contribution in [0.2, 0.25) is 0 Å². The number of aliphatic imine (C=N–C) groups is 1. The normalized spacial score (nSPS) is 12.2. The first-order chi connectivity index (χ1) is 15.7. The van der Waals surface area contributed by atoms with E-state index in [2.05, 4.69) is 20.3 Å². The van der Waals surface area contributed by atoms with Crippen molar-refractivity contribution in [1.29, 1.82) is 0 Å². The quantitative estimate of drug-likeness (QED) is 0.173. The summed E-state index contributed by atoms with van der Waals surface area (Å²) in [6, 6.07) is 11.8. The minimum atomic E-state index is -0.622. The minimum Gasteiger partial charge on any atom is -0.560 e. The molecule has 1 atom stereocenters. The molecule has 33 heavy (non-hydrogen) atoms. The van der Waals surface area contributed by atoms with Crippen molar-refractivity contribution in [2.24, 2.45) is 4.99 Å². The second kappa shape index (κ2) is 12.8. The summed E-state index contributed by atoms with van der Waals surface area (Å²) in [4.78, 5) is 42.2. The van der Waals surface area contributed by atoms with E-state index in [1.807, 2.05) is 30.3 Å². The molecule has 0 spiro atoms. The fraction of sp³-hybridized carbons (Fsp3) is 0.391. The zero-order valence-electron chi connectivity index (χ0n) is 19.0. The SMILES string of the molecule is [B]OC=NCCCNC(=O)c1ccc(C(=O)NC(CC(=O)OC(C)(C)C)c2ccccc2)s1. The fourth-order valence-corrected chi connectivity index (χ4v) is 3.68. The summed E-state index contributed by atoms with van der Waals surface area (Å²) in [7, 11) is 4.83. The van der Waals surface area contributed by atoms with Crippen LogP contribution in [0.3, 0.4) is 0 Å². The van der Waals surface area contributed by atoms with Gasteiger partial charge in [0, 0.05) is 13.1 Å². The van der Waals surface area contributed by atoms with E-state index in [1.165, 1.54) is 0 Å². The van der Waals surface area contributed by atoms with Crippen LogP contribution in [0.1, 0.15) is 64.6 Å². The van der Waals surface area contributed by atoms with Crippen LogP contribution >= 0.6 is 11.3 Å². The molecule has 2 amide bonds. The molecule has 0 saturated carbocycles. The topological polar surface area (TPSA) is 106 Å². The Balaban J connectivity index is 2.00. The first kappa shape index (κ1) is 26.1. The van der Waals surface area contributed by atoms with Gasteiger partial charge < -0.3 is 20.0 Å². The monoisotopic (exact) mass is 469 g/mol. The molecule has 1 unspecified atom stereocenters. The number of nitrogens with zero attached hydrogens (tertiary/aromatic N) is 1. The highest BCUT2D eigenvalue weighted by atomic mass is 32.1. The predicted molar refractivity (Wildman–Crippen MR) is 129 cm³/mol. The van der Waals surface area contributed by atoms with Crippen molar-refractivity contribution in [2.45, 2.75) is 45.3 Å². The third-order valence-electron chi connectivity index (χ3n) is 4.24. The molecule has 1 aromatic heterocycles. The van der Waals surface area contributed by atoms with Crippen molar-refractivity contribution in [3.63, 3.8) is 0 Å². The van der Waals surface area contributed by atoms with Gasteiger partial charge in [0.1, 0.15) is 12.0 Å². The number of benzene rings is 1. The van der Waals surface area contributed by atoms with E-state index in [1.54, 1.807) is 32.9 Å². The summed E-state index contributed by atoms with van der Waals surface area (Å²) >= 11 is 1.08. The fourth-order valence-electron chi connectivity index (χ4n) is 2.85. The zero-order valence-corrected chi connectivity index (χ0v) is 19.8. The van der Waals surface area contributed by atoms with E-state index >= 15 is 0 Å². The van der Waals surface area contributed by atoms with Gasteiger partial charge in [-0.25, -0.2) is 0 Å². The van der Waals surface area contributed by atoms with E-state index in [0.717, 1.165) is 23.3 Å². The van der Waals surface area contributed by atoms with Gasteiger partial charge in [-0.3, -0.25) is 19.4 Å². The average molecular weight is 469 g/mol. The van der Waals surface area contributed by atoms with E-state index < -0.39 is 17.6 Å². The molecule has 1 aromatic carbocycles. The molecule has 10 heteroatoms. The number of ether oxygens (including phenoxy) is 1. The van der Waals surface area contributed by atoms with E-state index in [0.29, 0.717) is 29.3 Å². The Bertz CT molecular complexity index is 957. The number of thiophene rings is 1. The molecule has 2 aromatic rings. The van der Waals surface area contributed by atoms with Gasteiger partial charge in [-0.2, -0.15) is 0 Å². The largest absolute Gasteiger partial charge is 0.560 e. The molecule has 0 aliphatic heterocycles. The molecule has 174 valence electrons. The number of esters is 1. The Morgan fingerprint density at radius 3 is 2.39 bits per heavy atom. The number of carbonyl (C=O) groups excluding carboxylic acids is 3. The molecule has 8 nitrogen and oxygen atoms in total. The molecular formula is C23H28BN3O5S. The van der Waals surface area contributed by atoms with E-state index in [4.69, 9.17) is 12.8 Å². The summed E-state index contributed by atoms with van der Waals surface area (Å²) in [5.74, 6) is -1.05. The van der Waals surface area contributed by atoms with Gasteiger partial charge in [-0.05, 0) is 44.9 Å². The van der Waals surface area contributed by atoms with Gasteiger partial charge >= 0.3 is 14.0 Å². The number of hydrogen-bond donors (Lipinski definition) is 2. The highest BCUT2D eigenvalue weighted by Gasteiger charge is 2.24. The number of amides is 2. The zero-order chi connectivity index (χ0) is 24.3. The van der Waals surface area contributed by atoms with Crippen molar-refractivity contribution in [3.05, 3.63) is 57.8 Å². The lowest BCUT2D eigenvalue weighted by molar-refractivity contribution is -0.155. The average Bonchev–Trinajstić information content (AvgIpc) is 3.25. The molecule has 1 heterocycles. The Hall–Kier alpha value is -3.14. The highest BCUT2D eigenvalue weighted by molar-refractivity contribution is 7.15. The maximum atomic E-state index is 12.9. The summed E-state index contributed by atoms with van der Waals surface area (Å²) in [5.41, 5.74) is 0.164. The third kappa shape index (κ3) is 9.49. The van der Waals surface area contributed by atoms with Crippen LogP contribution in [0.5, 0.6) is 0 Å². The molecule has 2 rings (SSSR count). The Labute approximate surface area is 199 Å². The van der Waals surface area contributed by atoms with Crippen LogP contribution in [0, 0.1) is 0 Å². The molecule has 2 N–H and O–H groups in total. The molecule has 0 aliphatic carbocycles. The van der Waals surface area contributed by atoms with Crippen LogP contribution in [0.25, 0.3) is 0 Å². The Morgan fingerprint density at radius 2 is 1.76 bits per heavy atom. The summed E-state index contributed by atoms with van der Waals surface area (Å²) in [5, 5.41) is 5.67. The van der Waals surface area contributed by atoms with Crippen molar-refractivity contribution >= 4 is 43.6 Å². The molecule has 0 aliphatic rings. The lowest BCUT2D eigenvalue weighted by Crippen LogP contribution is -2.32. The summed E-state index contributed by atoms with van der Waals surface area (Å²) in [6.45, 7) is 6.27. The first-order valence-corrected chi connectivity index (χ1v) is 11.3. The minimum absolute atomic E-state index is 0.0105. The van der Waals surface area contributed by atoms with Gasteiger partial charge in [0.2, 0.25) is 0 Å². The molecule has 0 bridgehead atoms. The second-order valence-electron chi connectivity index (χ2n) is 8.15. The third-order valence-corrected chi connectivity index (χ3v) is 5.32. The van der Waals surface area contributed by atoms with Crippen LogP contribution in [0.4, 0.5) is 0 Å². The smallest absolute Gasteiger partial charge is 0.375 e. The van der Waals surface area contributed by atoms with Crippen molar-refractivity contribution in [2.75, 3.05) is 13.1 Å². The number of rotatable bonds is 11. The maximum Gasteiger partial charge on any atom is 0.375 e. The van der Waals surface area contributed by atoms with Crippen molar-refractivity contribution < 1.29 is 23.8 Å². The van der Waals surface area contributed by atoms with E-state index in [-0.39, 0.29) is 18.2 Å². The van der Waals surface area contributed by atoms with Crippen LogP contribution < -0.4 is 10.6 Å². The van der Waals surface area contributed by atoms with Gasteiger partial charge in [-0.15, -0.1) is 11.3 Å². The summed E-state index contributed by atoms with van der Waals surface area (Å²) < 4.78 is 9.64. The summed E-state index contributed by atoms with van der Waals surface area (Å²) in [6.07, 6.45) is 1.74. The second-order valence-corrected chi connectivity index (χ2v) is 9.23. The maximum absolute atomic E-state index is 12.9. The number of nitrogens with one attached hydrogen (secondary N) is 2. The molecule has 0 fully saturated rings. The Morgan fingerprint density at radius 1 is 1.09 bits per heavy atom. The molecule has 2 radical (unpaired) electrons. The van der Waals surface area contributed by atoms with Crippen molar-refractivity contribution in [3.8, 4) is 0 Å². The lowest BCUT2D eigenvalue weighted by Gasteiger charge is -2.23. The van der Waals surface area contributed by atoms with Crippen LogP contribution in [-0.4, -0.2) is 50.9 Å². The standard InChI is InChI=1S/C23H28BN3O5S/c1-23(2,3)32-20(28)14-17(16-8-5-4-6-9-16)27-22(30)19-11-10-18(33-19)21(29)26-13-7-12-25-15-31-24/h4-6,8-11,15,17H,7,12-14H2,1-3H3,(H,26,29)(H,27,30). The van der Waals surface area contributed by atoms with E-state index in [9.17, 15) is 14.4 Å². The number of hydrogen-bond acceptors (Lipinski definition) is 7. The predicted octanol–water partition coefficient (Wildman–Crippen LogP) is 3.20. The van der Waals surface area contributed by atoms with Crippen LogP contribution in [-0.2, 0) is 14.2 Å². The van der Waals surface area contributed by atoms with Crippen molar-refractivity contribution in [1.82, 2.24) is 10.6 Å². The molecule has 0 saturated heterocycles. The van der Waals surface area contributed by atoms with Crippen LogP contribution in [0.15, 0.2) is 47.5 Å². The number of carbonyl (C=O) groups is 3. The van der Waals surface area contributed by atoms with Gasteiger partial charge in [0.05, 0.1) is 22.2 Å². The first-order valence-electron chi connectivity index (χ1n) is 10.5. The lowest BCUT2D eigenvalue weighted by atomic mass is 10.0. The molecular weight excluding hydrogens is 441 g/mol. The Kier molecular flexibility index (Phi) is 10.1. The highest BCUT2D eigenvalue weighted by Crippen LogP contribution is 2.22.